The lowest BCUT2D eigenvalue weighted by Crippen LogP contribution is -2.08. The quantitative estimate of drug-likeness (QED) is 0.165. The SMILES string of the molecule is CCCCCCCCOc1ccc(C(=O)Oc2ccc(C(=O)CCC)cc2)cc1. The largest absolute Gasteiger partial charge is 0.494 e. The second-order valence-corrected chi connectivity index (χ2v) is 7.23. The summed E-state index contributed by atoms with van der Waals surface area (Å²) in [6.45, 7) is 4.88. The molecule has 0 saturated carbocycles. The minimum absolute atomic E-state index is 0.0990. The maximum Gasteiger partial charge on any atom is 0.343 e. The summed E-state index contributed by atoms with van der Waals surface area (Å²) < 4.78 is 11.1. The fourth-order valence-electron chi connectivity index (χ4n) is 3.01. The maximum absolute atomic E-state index is 12.3. The number of hydrogen-bond donors (Lipinski definition) is 0. The van der Waals surface area contributed by atoms with Crippen molar-refractivity contribution in [2.45, 2.75) is 65.2 Å². The molecule has 2 aromatic carbocycles. The molecule has 0 atom stereocenters. The Balaban J connectivity index is 1.77. The number of esters is 1. The van der Waals surface area contributed by atoms with Crippen LogP contribution < -0.4 is 9.47 Å². The fraction of sp³-hybridized carbons (Fsp3) is 0.440. The summed E-state index contributed by atoms with van der Waals surface area (Å²) in [6, 6.07) is 13.7. The smallest absolute Gasteiger partial charge is 0.343 e. The number of benzene rings is 2. The molecule has 0 amide bonds. The van der Waals surface area contributed by atoms with Gasteiger partial charge in [0.25, 0.3) is 0 Å². The summed E-state index contributed by atoms with van der Waals surface area (Å²) >= 11 is 0. The van der Waals surface area contributed by atoms with E-state index in [2.05, 4.69) is 6.92 Å². The highest BCUT2D eigenvalue weighted by Crippen LogP contribution is 2.18. The molecule has 0 radical (unpaired) electrons. The molecule has 0 aliphatic heterocycles. The third-order valence-corrected chi connectivity index (χ3v) is 4.72. The summed E-state index contributed by atoms with van der Waals surface area (Å²) in [5.41, 5.74) is 1.10. The highest BCUT2D eigenvalue weighted by molar-refractivity contribution is 5.96. The van der Waals surface area contributed by atoms with E-state index in [0.29, 0.717) is 29.9 Å². The highest BCUT2D eigenvalue weighted by Gasteiger charge is 2.10. The molecule has 2 aromatic rings. The summed E-state index contributed by atoms with van der Waals surface area (Å²) in [6.07, 6.45) is 8.69. The molecular weight excluding hydrogens is 364 g/mol. The Kier molecular flexibility index (Phi) is 9.98. The van der Waals surface area contributed by atoms with Crippen molar-refractivity contribution >= 4 is 11.8 Å². The van der Waals surface area contributed by atoms with E-state index < -0.39 is 5.97 Å². The molecule has 2 rings (SSSR count). The molecule has 0 heterocycles. The predicted molar refractivity (Wildman–Crippen MR) is 116 cm³/mol. The molecule has 0 N–H and O–H groups in total. The third kappa shape index (κ3) is 8.10. The number of carbonyl (C=O) groups is 2. The van der Waals surface area contributed by atoms with Crippen LogP contribution in [0, 0.1) is 0 Å². The van der Waals surface area contributed by atoms with Gasteiger partial charge in [-0.1, -0.05) is 46.0 Å². The van der Waals surface area contributed by atoms with Crippen LogP contribution in [0.4, 0.5) is 0 Å². The van der Waals surface area contributed by atoms with E-state index in [9.17, 15) is 9.59 Å². The van der Waals surface area contributed by atoms with Gasteiger partial charge in [-0.2, -0.15) is 0 Å². The molecule has 0 saturated heterocycles. The van der Waals surface area contributed by atoms with Gasteiger partial charge in [-0.25, -0.2) is 4.79 Å². The van der Waals surface area contributed by atoms with Crippen LogP contribution in [-0.4, -0.2) is 18.4 Å². The van der Waals surface area contributed by atoms with Gasteiger partial charge in [0.2, 0.25) is 0 Å². The van der Waals surface area contributed by atoms with E-state index in [1.54, 1.807) is 48.5 Å². The molecule has 0 spiro atoms. The maximum atomic E-state index is 12.3. The van der Waals surface area contributed by atoms with Crippen molar-refractivity contribution in [2.75, 3.05) is 6.61 Å². The number of rotatable bonds is 13. The predicted octanol–water partition coefficient (Wildman–Crippen LogP) is 6.63. The first-order valence-electron chi connectivity index (χ1n) is 10.7. The fourth-order valence-corrected chi connectivity index (χ4v) is 3.01. The van der Waals surface area contributed by atoms with Crippen molar-refractivity contribution in [3.05, 3.63) is 59.7 Å². The number of ether oxygens (including phenoxy) is 2. The van der Waals surface area contributed by atoms with E-state index in [1.807, 2.05) is 6.92 Å². The van der Waals surface area contributed by atoms with Gasteiger partial charge in [-0.3, -0.25) is 4.79 Å². The number of unbranched alkanes of at least 4 members (excludes halogenated alkanes) is 5. The van der Waals surface area contributed by atoms with Gasteiger partial charge in [-0.05, 0) is 61.4 Å². The number of carbonyl (C=O) groups excluding carboxylic acids is 2. The van der Waals surface area contributed by atoms with Crippen LogP contribution >= 0.6 is 0 Å². The minimum atomic E-state index is -0.430. The van der Waals surface area contributed by atoms with E-state index in [0.717, 1.165) is 18.6 Å². The molecule has 0 unspecified atom stereocenters. The number of Topliss-reactive ketones (excluding diaryl/α,β-unsaturated/α-hetero) is 1. The second-order valence-electron chi connectivity index (χ2n) is 7.23. The standard InChI is InChI=1S/C25H32O4/c1-3-5-6-7-8-9-19-28-22-15-13-21(14-16-22)25(27)29-23-17-11-20(12-18-23)24(26)10-4-2/h11-18H,3-10,19H2,1-2H3. The molecule has 156 valence electrons. The lowest BCUT2D eigenvalue weighted by molar-refractivity contribution is 0.0734. The normalized spacial score (nSPS) is 10.6. The summed E-state index contributed by atoms with van der Waals surface area (Å²) in [4.78, 5) is 24.2. The Morgan fingerprint density at radius 1 is 0.690 bits per heavy atom. The van der Waals surface area contributed by atoms with Gasteiger partial charge in [-0.15, -0.1) is 0 Å². The number of hydrogen-bond acceptors (Lipinski definition) is 4. The van der Waals surface area contributed by atoms with Crippen LogP contribution in [0.2, 0.25) is 0 Å². The first-order chi connectivity index (χ1) is 14.1. The van der Waals surface area contributed by atoms with Crippen LogP contribution in [0.25, 0.3) is 0 Å². The lowest BCUT2D eigenvalue weighted by atomic mass is 10.1. The van der Waals surface area contributed by atoms with Crippen molar-refractivity contribution in [3.63, 3.8) is 0 Å². The van der Waals surface area contributed by atoms with Crippen LogP contribution in [0.1, 0.15) is 85.9 Å². The van der Waals surface area contributed by atoms with Gasteiger partial charge in [0, 0.05) is 12.0 Å². The monoisotopic (exact) mass is 396 g/mol. The zero-order valence-corrected chi connectivity index (χ0v) is 17.6. The van der Waals surface area contributed by atoms with E-state index >= 15 is 0 Å². The zero-order chi connectivity index (χ0) is 20.9. The Morgan fingerprint density at radius 3 is 1.93 bits per heavy atom. The van der Waals surface area contributed by atoms with Crippen LogP contribution in [0.5, 0.6) is 11.5 Å². The Morgan fingerprint density at radius 2 is 1.28 bits per heavy atom. The molecular formula is C25H32O4. The van der Waals surface area contributed by atoms with Crippen molar-refractivity contribution in [3.8, 4) is 11.5 Å². The summed E-state index contributed by atoms with van der Waals surface area (Å²) in [7, 11) is 0. The third-order valence-electron chi connectivity index (χ3n) is 4.72. The zero-order valence-electron chi connectivity index (χ0n) is 17.6. The summed E-state index contributed by atoms with van der Waals surface area (Å²) in [5.74, 6) is 0.849. The van der Waals surface area contributed by atoms with Gasteiger partial charge in [0.1, 0.15) is 11.5 Å². The van der Waals surface area contributed by atoms with E-state index in [4.69, 9.17) is 9.47 Å². The van der Waals surface area contributed by atoms with Gasteiger partial charge in [0.05, 0.1) is 12.2 Å². The average molecular weight is 397 g/mol. The first kappa shape index (κ1) is 22.7. The Bertz CT molecular complexity index is 747. The van der Waals surface area contributed by atoms with Crippen LogP contribution in [0.3, 0.4) is 0 Å². The van der Waals surface area contributed by atoms with E-state index in [-0.39, 0.29) is 5.78 Å². The molecule has 0 fully saturated rings. The minimum Gasteiger partial charge on any atom is -0.494 e. The lowest BCUT2D eigenvalue weighted by Gasteiger charge is -2.08. The molecule has 29 heavy (non-hydrogen) atoms. The summed E-state index contributed by atoms with van der Waals surface area (Å²) in [5, 5.41) is 0. The molecule has 0 aliphatic rings. The van der Waals surface area contributed by atoms with Gasteiger partial charge < -0.3 is 9.47 Å². The molecule has 4 heteroatoms. The van der Waals surface area contributed by atoms with Crippen molar-refractivity contribution in [1.29, 1.82) is 0 Å². The topological polar surface area (TPSA) is 52.6 Å². The molecule has 0 aromatic heterocycles. The number of ketones is 1. The first-order valence-corrected chi connectivity index (χ1v) is 10.7. The van der Waals surface area contributed by atoms with Crippen LogP contribution in [-0.2, 0) is 0 Å². The van der Waals surface area contributed by atoms with Crippen molar-refractivity contribution in [1.82, 2.24) is 0 Å². The Hall–Kier alpha value is -2.62. The molecule has 4 nitrogen and oxygen atoms in total. The van der Waals surface area contributed by atoms with Gasteiger partial charge >= 0.3 is 5.97 Å². The van der Waals surface area contributed by atoms with Gasteiger partial charge in [0.15, 0.2) is 5.78 Å². The van der Waals surface area contributed by atoms with Crippen molar-refractivity contribution < 1.29 is 19.1 Å². The Labute approximate surface area is 174 Å². The van der Waals surface area contributed by atoms with E-state index in [1.165, 1.54) is 32.1 Å². The van der Waals surface area contributed by atoms with Crippen LogP contribution in [0.15, 0.2) is 48.5 Å². The molecule has 0 bridgehead atoms. The highest BCUT2D eigenvalue weighted by atomic mass is 16.5. The molecule has 0 aliphatic carbocycles. The average Bonchev–Trinajstić information content (AvgIpc) is 2.74. The van der Waals surface area contributed by atoms with Crippen molar-refractivity contribution in [2.24, 2.45) is 0 Å². The second kappa shape index (κ2) is 12.8.